The van der Waals surface area contributed by atoms with Gasteiger partial charge >= 0.3 is 0 Å². The maximum atomic E-state index is 11.9. The van der Waals surface area contributed by atoms with E-state index < -0.39 is 0 Å². The van der Waals surface area contributed by atoms with Gasteiger partial charge in [-0.25, -0.2) is 4.99 Å². The van der Waals surface area contributed by atoms with Gasteiger partial charge in [0.2, 0.25) is 11.8 Å². The molecule has 0 atom stereocenters. The lowest BCUT2D eigenvalue weighted by Crippen LogP contribution is -2.50. The van der Waals surface area contributed by atoms with Gasteiger partial charge in [0.1, 0.15) is 6.54 Å². The Morgan fingerprint density at radius 1 is 1.28 bits per heavy atom. The molecular weight excluding hydrogens is 388 g/mol. The first-order valence-corrected chi connectivity index (χ1v) is 11.1. The van der Waals surface area contributed by atoms with E-state index in [9.17, 15) is 9.59 Å². The highest BCUT2D eigenvalue weighted by Gasteiger charge is 2.21. The molecule has 9 heteroatoms. The lowest BCUT2D eigenvalue weighted by Gasteiger charge is -2.32. The number of carbonyl (C=O) groups excluding carboxylic acids is 2. The zero-order valence-electron chi connectivity index (χ0n) is 17.7. The Bertz CT molecular complexity index is 654. The summed E-state index contributed by atoms with van der Waals surface area (Å²) in [5.74, 6) is 0.725. The van der Waals surface area contributed by atoms with Gasteiger partial charge in [-0.2, -0.15) is 0 Å². The summed E-state index contributed by atoms with van der Waals surface area (Å²) < 4.78 is 0. The number of nitrogens with one attached hydrogen (secondary N) is 3. The van der Waals surface area contributed by atoms with E-state index in [0.717, 1.165) is 38.9 Å². The molecule has 1 aromatic heterocycles. The van der Waals surface area contributed by atoms with Crippen molar-refractivity contribution < 1.29 is 9.59 Å². The molecule has 1 saturated heterocycles. The fourth-order valence-electron chi connectivity index (χ4n) is 2.98. The molecule has 1 fully saturated rings. The van der Waals surface area contributed by atoms with Gasteiger partial charge in [0.05, 0.1) is 13.1 Å². The number of thiophene rings is 1. The number of carbonyl (C=O) groups is 2. The number of likely N-dealkylation sites (tertiary alicyclic amines) is 1. The van der Waals surface area contributed by atoms with Crippen molar-refractivity contribution in [1.29, 1.82) is 0 Å². The van der Waals surface area contributed by atoms with Crippen LogP contribution in [-0.2, 0) is 16.1 Å². The van der Waals surface area contributed by atoms with Gasteiger partial charge in [0.15, 0.2) is 5.96 Å². The number of hydrogen-bond acceptors (Lipinski definition) is 5. The third-order valence-electron chi connectivity index (χ3n) is 4.75. The summed E-state index contributed by atoms with van der Waals surface area (Å²) in [4.78, 5) is 33.2. The van der Waals surface area contributed by atoms with Crippen LogP contribution in [0, 0.1) is 0 Å². The molecule has 0 bridgehead atoms. The van der Waals surface area contributed by atoms with Gasteiger partial charge in [-0.1, -0.05) is 13.0 Å². The molecule has 0 aliphatic carbocycles. The molecule has 2 amide bonds. The monoisotopic (exact) mass is 422 g/mol. The maximum Gasteiger partial charge on any atom is 0.243 e. The Balaban J connectivity index is 1.83. The first kappa shape index (κ1) is 23.2. The molecule has 2 heterocycles. The normalized spacial score (nSPS) is 15.8. The van der Waals surface area contributed by atoms with Crippen LogP contribution in [0.5, 0.6) is 0 Å². The minimum atomic E-state index is -0.0323. The minimum absolute atomic E-state index is 0.0323. The zero-order chi connectivity index (χ0) is 21.1. The maximum absolute atomic E-state index is 11.9. The summed E-state index contributed by atoms with van der Waals surface area (Å²) >= 11 is 1.69. The van der Waals surface area contributed by atoms with Gasteiger partial charge in [-0.05, 0) is 30.7 Å². The standard InChI is InChI=1S/C20H34N6O2S/c1-4-9-21-18(27)15-26-10-7-16(8-11-26)24-20(23-14-19(28)25(2)3)22-13-17-6-5-12-29-17/h5-6,12,16H,4,7-11,13-15H2,1-3H3,(H,21,27)(H2,22,23,24). The Hall–Kier alpha value is -2.13. The van der Waals surface area contributed by atoms with Gasteiger partial charge in [-0.3, -0.25) is 14.5 Å². The molecule has 2 rings (SSSR count). The Morgan fingerprint density at radius 3 is 2.66 bits per heavy atom. The molecule has 0 saturated carbocycles. The minimum Gasteiger partial charge on any atom is -0.355 e. The van der Waals surface area contributed by atoms with Crippen molar-refractivity contribution >= 4 is 29.1 Å². The largest absolute Gasteiger partial charge is 0.355 e. The SMILES string of the molecule is CCCNC(=O)CN1CCC(NC(=NCC(=O)N(C)C)NCc2cccs2)CC1. The van der Waals surface area contributed by atoms with Crippen LogP contribution in [0.15, 0.2) is 22.5 Å². The number of hydrogen-bond donors (Lipinski definition) is 3. The van der Waals surface area contributed by atoms with Crippen LogP contribution in [0.2, 0.25) is 0 Å². The molecule has 0 radical (unpaired) electrons. The summed E-state index contributed by atoms with van der Waals surface area (Å²) in [6.45, 7) is 5.77. The van der Waals surface area contributed by atoms with Crippen molar-refractivity contribution in [2.24, 2.45) is 4.99 Å². The average Bonchev–Trinajstić information content (AvgIpc) is 3.23. The van der Waals surface area contributed by atoms with Crippen molar-refractivity contribution in [3.8, 4) is 0 Å². The summed E-state index contributed by atoms with van der Waals surface area (Å²) in [5, 5.41) is 11.8. The van der Waals surface area contributed by atoms with Crippen molar-refractivity contribution in [3.05, 3.63) is 22.4 Å². The van der Waals surface area contributed by atoms with Crippen LogP contribution in [0.4, 0.5) is 0 Å². The fourth-order valence-corrected chi connectivity index (χ4v) is 3.62. The fraction of sp³-hybridized carbons (Fsp3) is 0.650. The highest BCUT2D eigenvalue weighted by atomic mass is 32.1. The summed E-state index contributed by atoms with van der Waals surface area (Å²) in [6, 6.07) is 4.37. The van der Waals surface area contributed by atoms with Crippen LogP contribution in [-0.4, -0.2) is 80.4 Å². The number of rotatable bonds is 9. The second kappa shape index (κ2) is 12.4. The van der Waals surface area contributed by atoms with Gasteiger partial charge < -0.3 is 20.9 Å². The van der Waals surface area contributed by atoms with Crippen molar-refractivity contribution in [1.82, 2.24) is 25.8 Å². The zero-order valence-corrected chi connectivity index (χ0v) is 18.6. The first-order valence-electron chi connectivity index (χ1n) is 10.2. The number of piperidine rings is 1. The van der Waals surface area contributed by atoms with Crippen molar-refractivity contribution in [3.63, 3.8) is 0 Å². The van der Waals surface area contributed by atoms with Crippen LogP contribution < -0.4 is 16.0 Å². The van der Waals surface area contributed by atoms with E-state index in [0.29, 0.717) is 19.0 Å². The highest BCUT2D eigenvalue weighted by molar-refractivity contribution is 7.09. The summed E-state index contributed by atoms with van der Waals surface area (Å²) in [7, 11) is 3.47. The molecule has 0 aromatic carbocycles. The van der Waals surface area contributed by atoms with Gasteiger partial charge in [0, 0.05) is 44.6 Å². The van der Waals surface area contributed by atoms with Crippen LogP contribution in [0.3, 0.4) is 0 Å². The molecule has 3 N–H and O–H groups in total. The quantitative estimate of drug-likeness (QED) is 0.406. The molecule has 8 nitrogen and oxygen atoms in total. The Morgan fingerprint density at radius 2 is 2.03 bits per heavy atom. The average molecular weight is 423 g/mol. The number of likely N-dealkylation sites (N-methyl/N-ethyl adjacent to an activating group) is 1. The lowest BCUT2D eigenvalue weighted by molar-refractivity contribution is -0.127. The van der Waals surface area contributed by atoms with E-state index in [4.69, 9.17) is 0 Å². The first-order chi connectivity index (χ1) is 14.0. The van der Waals surface area contributed by atoms with E-state index in [-0.39, 0.29) is 24.4 Å². The van der Waals surface area contributed by atoms with Crippen molar-refractivity contribution in [2.75, 3.05) is 46.8 Å². The van der Waals surface area contributed by atoms with E-state index in [1.807, 2.05) is 11.4 Å². The van der Waals surface area contributed by atoms with Crippen LogP contribution in [0.1, 0.15) is 31.1 Å². The van der Waals surface area contributed by atoms with Gasteiger partial charge in [-0.15, -0.1) is 11.3 Å². The third-order valence-corrected chi connectivity index (χ3v) is 5.63. The predicted octanol–water partition coefficient (Wildman–Crippen LogP) is 0.862. The Kier molecular flexibility index (Phi) is 9.93. The predicted molar refractivity (Wildman–Crippen MR) is 118 cm³/mol. The van der Waals surface area contributed by atoms with Gasteiger partial charge in [0.25, 0.3) is 0 Å². The number of guanidine groups is 1. The number of nitrogens with zero attached hydrogens (tertiary/aromatic N) is 3. The lowest BCUT2D eigenvalue weighted by atomic mass is 10.1. The van der Waals surface area contributed by atoms with E-state index >= 15 is 0 Å². The van der Waals surface area contributed by atoms with Crippen LogP contribution >= 0.6 is 11.3 Å². The molecule has 29 heavy (non-hydrogen) atoms. The second-order valence-corrected chi connectivity index (χ2v) is 8.46. The smallest absolute Gasteiger partial charge is 0.243 e. The summed E-state index contributed by atoms with van der Waals surface area (Å²) in [5.41, 5.74) is 0. The number of amides is 2. The topological polar surface area (TPSA) is 89.1 Å². The van der Waals surface area contributed by atoms with Crippen molar-refractivity contribution in [2.45, 2.75) is 38.8 Å². The molecule has 0 spiro atoms. The second-order valence-electron chi connectivity index (χ2n) is 7.43. The van der Waals surface area contributed by atoms with Crippen LogP contribution in [0.25, 0.3) is 0 Å². The third kappa shape index (κ3) is 8.82. The molecule has 0 unspecified atom stereocenters. The molecular formula is C20H34N6O2S. The Labute approximate surface area is 177 Å². The molecule has 162 valence electrons. The molecule has 1 aliphatic heterocycles. The highest BCUT2D eigenvalue weighted by Crippen LogP contribution is 2.11. The van der Waals surface area contributed by atoms with E-state index in [1.165, 1.54) is 4.88 Å². The molecule has 1 aromatic rings. The molecule has 1 aliphatic rings. The summed E-state index contributed by atoms with van der Waals surface area (Å²) in [6.07, 6.45) is 2.82. The van der Waals surface area contributed by atoms with E-state index in [2.05, 4.69) is 38.8 Å². The van der Waals surface area contributed by atoms with E-state index in [1.54, 1.807) is 30.3 Å². The number of aliphatic imine (C=N–C) groups is 1.